The molecule has 0 bridgehead atoms. The van der Waals surface area contributed by atoms with Gasteiger partial charge in [0.25, 0.3) is 0 Å². The number of likely N-dealkylation sites (tertiary alicyclic amines) is 1. The fourth-order valence-electron chi connectivity index (χ4n) is 5.19. The predicted molar refractivity (Wildman–Crippen MR) is 123 cm³/mol. The standard InChI is InChI=1S/C24H39N5O/c1-2-25-24(27-21-12-13-29(19-21)22-10-6-7-11-22)26-18-23(20-8-4-3-5-9-20)28-14-16-30-17-15-28/h3-5,8-9,21-23H,2,6-7,10-19H2,1H3,(H2,25,26,27). The summed E-state index contributed by atoms with van der Waals surface area (Å²) in [6.07, 6.45) is 6.81. The van der Waals surface area contributed by atoms with Crippen LogP contribution in [-0.2, 0) is 4.74 Å². The molecule has 166 valence electrons. The van der Waals surface area contributed by atoms with E-state index >= 15 is 0 Å². The molecule has 3 aliphatic rings. The summed E-state index contributed by atoms with van der Waals surface area (Å²) >= 11 is 0. The Morgan fingerprint density at radius 1 is 1.10 bits per heavy atom. The highest BCUT2D eigenvalue weighted by atomic mass is 16.5. The molecule has 0 spiro atoms. The molecule has 4 rings (SSSR count). The Balaban J connectivity index is 1.39. The molecule has 6 nitrogen and oxygen atoms in total. The first-order chi connectivity index (χ1) is 14.8. The average molecular weight is 414 g/mol. The summed E-state index contributed by atoms with van der Waals surface area (Å²) in [5.74, 6) is 0.963. The monoisotopic (exact) mass is 413 g/mol. The van der Waals surface area contributed by atoms with Crippen molar-refractivity contribution in [3.63, 3.8) is 0 Å². The number of aliphatic imine (C=N–C) groups is 1. The molecule has 2 saturated heterocycles. The van der Waals surface area contributed by atoms with Crippen LogP contribution in [0.4, 0.5) is 0 Å². The minimum absolute atomic E-state index is 0.295. The summed E-state index contributed by atoms with van der Waals surface area (Å²) in [6.45, 7) is 9.73. The Hall–Kier alpha value is -1.63. The number of rotatable bonds is 7. The molecule has 2 aliphatic heterocycles. The molecule has 1 saturated carbocycles. The van der Waals surface area contributed by atoms with Crippen molar-refractivity contribution in [2.75, 3.05) is 52.5 Å². The summed E-state index contributed by atoms with van der Waals surface area (Å²) in [5.41, 5.74) is 1.34. The SMILES string of the molecule is CCNC(=NCC(c1ccccc1)N1CCOCC1)NC1CCN(C2CCCC2)C1. The molecule has 6 heteroatoms. The minimum atomic E-state index is 0.295. The maximum atomic E-state index is 5.58. The molecule has 2 atom stereocenters. The van der Waals surface area contributed by atoms with Gasteiger partial charge in [-0.15, -0.1) is 0 Å². The zero-order chi connectivity index (χ0) is 20.6. The molecular formula is C24H39N5O. The van der Waals surface area contributed by atoms with Crippen molar-refractivity contribution < 1.29 is 4.74 Å². The number of guanidine groups is 1. The number of morpholine rings is 1. The number of nitrogens with one attached hydrogen (secondary N) is 2. The highest BCUT2D eigenvalue weighted by molar-refractivity contribution is 5.80. The smallest absolute Gasteiger partial charge is 0.191 e. The molecular weight excluding hydrogens is 374 g/mol. The van der Waals surface area contributed by atoms with Crippen LogP contribution in [0.15, 0.2) is 35.3 Å². The minimum Gasteiger partial charge on any atom is -0.379 e. The largest absolute Gasteiger partial charge is 0.379 e. The lowest BCUT2D eigenvalue weighted by Gasteiger charge is -2.34. The summed E-state index contributed by atoms with van der Waals surface area (Å²) < 4.78 is 5.58. The Bertz CT molecular complexity index is 655. The number of benzene rings is 1. The normalized spacial score (nSPS) is 25.5. The van der Waals surface area contributed by atoms with Gasteiger partial charge in [0.05, 0.1) is 25.8 Å². The van der Waals surface area contributed by atoms with Gasteiger partial charge in [-0.2, -0.15) is 0 Å². The van der Waals surface area contributed by atoms with Gasteiger partial charge >= 0.3 is 0 Å². The van der Waals surface area contributed by atoms with E-state index in [4.69, 9.17) is 9.73 Å². The summed E-state index contributed by atoms with van der Waals surface area (Å²) in [5, 5.41) is 7.21. The zero-order valence-electron chi connectivity index (χ0n) is 18.6. The van der Waals surface area contributed by atoms with Gasteiger partial charge in [-0.05, 0) is 31.7 Å². The fourth-order valence-corrected chi connectivity index (χ4v) is 5.19. The predicted octanol–water partition coefficient (Wildman–Crippen LogP) is 2.63. The highest BCUT2D eigenvalue weighted by Crippen LogP contribution is 2.26. The second-order valence-electron chi connectivity index (χ2n) is 8.86. The van der Waals surface area contributed by atoms with Gasteiger partial charge < -0.3 is 15.4 Å². The van der Waals surface area contributed by atoms with E-state index in [0.29, 0.717) is 12.1 Å². The molecule has 0 aromatic heterocycles. The van der Waals surface area contributed by atoms with Gasteiger partial charge in [0.15, 0.2) is 5.96 Å². The third-order valence-electron chi connectivity index (χ3n) is 6.84. The van der Waals surface area contributed by atoms with Gasteiger partial charge in [-0.25, -0.2) is 0 Å². The highest BCUT2D eigenvalue weighted by Gasteiger charge is 2.30. The van der Waals surface area contributed by atoms with Crippen LogP contribution in [0.1, 0.15) is 50.6 Å². The number of hydrogen-bond acceptors (Lipinski definition) is 4. The Morgan fingerprint density at radius 3 is 2.60 bits per heavy atom. The van der Waals surface area contributed by atoms with Crippen LogP contribution in [0, 0.1) is 0 Å². The third-order valence-corrected chi connectivity index (χ3v) is 6.84. The fraction of sp³-hybridized carbons (Fsp3) is 0.708. The van der Waals surface area contributed by atoms with Crippen LogP contribution in [-0.4, -0.2) is 80.3 Å². The molecule has 0 amide bonds. The van der Waals surface area contributed by atoms with Gasteiger partial charge in [0.2, 0.25) is 0 Å². The number of ether oxygens (including phenoxy) is 1. The first-order valence-electron chi connectivity index (χ1n) is 12.0. The van der Waals surface area contributed by atoms with E-state index in [1.54, 1.807) is 0 Å². The van der Waals surface area contributed by atoms with Crippen molar-refractivity contribution in [2.45, 2.75) is 57.2 Å². The quantitative estimate of drug-likeness (QED) is 0.532. The lowest BCUT2D eigenvalue weighted by molar-refractivity contribution is 0.0179. The van der Waals surface area contributed by atoms with Crippen LogP contribution in [0.2, 0.25) is 0 Å². The second kappa shape index (κ2) is 11.1. The molecule has 1 aliphatic carbocycles. The van der Waals surface area contributed by atoms with Crippen molar-refractivity contribution in [2.24, 2.45) is 4.99 Å². The van der Waals surface area contributed by atoms with E-state index in [9.17, 15) is 0 Å². The van der Waals surface area contributed by atoms with Crippen molar-refractivity contribution in [1.82, 2.24) is 20.4 Å². The van der Waals surface area contributed by atoms with Crippen molar-refractivity contribution >= 4 is 5.96 Å². The molecule has 0 radical (unpaired) electrons. The van der Waals surface area contributed by atoms with Crippen LogP contribution in [0.3, 0.4) is 0 Å². The molecule has 2 heterocycles. The summed E-state index contributed by atoms with van der Waals surface area (Å²) in [7, 11) is 0. The average Bonchev–Trinajstić information content (AvgIpc) is 3.48. The van der Waals surface area contributed by atoms with Crippen LogP contribution < -0.4 is 10.6 Å². The first kappa shape index (κ1) is 21.6. The first-order valence-corrected chi connectivity index (χ1v) is 12.0. The molecule has 1 aromatic rings. The van der Waals surface area contributed by atoms with Crippen molar-refractivity contribution in [1.29, 1.82) is 0 Å². The van der Waals surface area contributed by atoms with Crippen molar-refractivity contribution in [3.8, 4) is 0 Å². The topological polar surface area (TPSA) is 52.1 Å². The molecule has 1 aromatic carbocycles. The molecule has 3 fully saturated rings. The lowest BCUT2D eigenvalue weighted by Crippen LogP contribution is -2.46. The molecule has 2 N–H and O–H groups in total. The maximum absolute atomic E-state index is 5.58. The number of hydrogen-bond donors (Lipinski definition) is 2. The molecule has 2 unspecified atom stereocenters. The van der Waals surface area contributed by atoms with Crippen LogP contribution in [0.5, 0.6) is 0 Å². The van der Waals surface area contributed by atoms with E-state index in [0.717, 1.165) is 57.9 Å². The summed E-state index contributed by atoms with van der Waals surface area (Å²) in [6, 6.07) is 12.4. The van der Waals surface area contributed by atoms with E-state index in [-0.39, 0.29) is 0 Å². The number of nitrogens with zero attached hydrogens (tertiary/aromatic N) is 3. The Morgan fingerprint density at radius 2 is 1.87 bits per heavy atom. The summed E-state index contributed by atoms with van der Waals surface area (Å²) in [4.78, 5) is 10.3. The maximum Gasteiger partial charge on any atom is 0.191 e. The van der Waals surface area contributed by atoms with E-state index in [1.165, 1.54) is 44.2 Å². The van der Waals surface area contributed by atoms with Gasteiger partial charge in [-0.1, -0.05) is 43.2 Å². The van der Waals surface area contributed by atoms with Gasteiger partial charge in [0.1, 0.15) is 0 Å². The Labute approximate surface area is 182 Å². The van der Waals surface area contributed by atoms with E-state index < -0.39 is 0 Å². The zero-order valence-corrected chi connectivity index (χ0v) is 18.6. The lowest BCUT2D eigenvalue weighted by atomic mass is 10.0. The third kappa shape index (κ3) is 5.74. The van der Waals surface area contributed by atoms with Crippen LogP contribution in [0.25, 0.3) is 0 Å². The van der Waals surface area contributed by atoms with E-state index in [1.807, 2.05) is 0 Å². The van der Waals surface area contributed by atoms with Gasteiger partial charge in [-0.3, -0.25) is 14.8 Å². The second-order valence-corrected chi connectivity index (χ2v) is 8.86. The Kier molecular flexibility index (Phi) is 8.01. The van der Waals surface area contributed by atoms with Crippen molar-refractivity contribution in [3.05, 3.63) is 35.9 Å². The van der Waals surface area contributed by atoms with E-state index in [2.05, 4.69) is 57.7 Å². The van der Waals surface area contributed by atoms with Crippen LogP contribution >= 0.6 is 0 Å². The molecule has 30 heavy (non-hydrogen) atoms. The van der Waals surface area contributed by atoms with Gasteiger partial charge in [0, 0.05) is 44.8 Å².